The first-order valence-corrected chi connectivity index (χ1v) is 5.46. The summed E-state index contributed by atoms with van der Waals surface area (Å²) in [6, 6.07) is 2.52. The SMILES string of the molecule is NC(=O)Cc1ncc(-c2ccc(C(F)(F)F)c(F)c2)[nH]1. The summed E-state index contributed by atoms with van der Waals surface area (Å²) >= 11 is 0. The van der Waals surface area contributed by atoms with E-state index in [4.69, 9.17) is 5.73 Å². The minimum atomic E-state index is -4.74. The Kier molecular flexibility index (Phi) is 3.47. The second kappa shape index (κ2) is 4.95. The molecule has 3 N–H and O–H groups in total. The summed E-state index contributed by atoms with van der Waals surface area (Å²) in [5, 5.41) is 0. The molecule has 2 rings (SSSR count). The standard InChI is InChI=1S/C12H9F4N3O/c13-8-3-6(1-2-7(8)12(14,15)16)9-5-18-11(19-9)4-10(17)20/h1-3,5H,4H2,(H2,17,20)(H,18,19). The van der Waals surface area contributed by atoms with Crippen molar-refractivity contribution in [1.82, 2.24) is 9.97 Å². The summed E-state index contributed by atoms with van der Waals surface area (Å²) in [5.41, 5.74) is 4.14. The van der Waals surface area contributed by atoms with Crippen molar-refractivity contribution in [2.24, 2.45) is 5.73 Å². The van der Waals surface area contributed by atoms with Crippen LogP contribution in [0, 0.1) is 5.82 Å². The third-order valence-electron chi connectivity index (χ3n) is 2.56. The number of benzene rings is 1. The van der Waals surface area contributed by atoms with E-state index in [9.17, 15) is 22.4 Å². The molecule has 0 spiro atoms. The van der Waals surface area contributed by atoms with E-state index in [-0.39, 0.29) is 17.8 Å². The number of amides is 1. The van der Waals surface area contributed by atoms with E-state index in [1.165, 1.54) is 6.20 Å². The number of alkyl halides is 3. The van der Waals surface area contributed by atoms with Crippen molar-refractivity contribution in [2.75, 3.05) is 0 Å². The zero-order chi connectivity index (χ0) is 14.9. The van der Waals surface area contributed by atoms with Crippen molar-refractivity contribution >= 4 is 5.91 Å². The molecule has 0 saturated heterocycles. The number of halogens is 4. The smallest absolute Gasteiger partial charge is 0.369 e. The lowest BCUT2D eigenvalue weighted by molar-refractivity contribution is -0.140. The van der Waals surface area contributed by atoms with Crippen LogP contribution in [-0.2, 0) is 17.4 Å². The molecule has 1 aromatic carbocycles. The highest BCUT2D eigenvalue weighted by Crippen LogP contribution is 2.33. The van der Waals surface area contributed by atoms with Crippen molar-refractivity contribution in [3.05, 3.63) is 41.6 Å². The molecule has 0 aliphatic heterocycles. The summed E-state index contributed by atoms with van der Waals surface area (Å²) in [7, 11) is 0. The van der Waals surface area contributed by atoms with Gasteiger partial charge in [-0.1, -0.05) is 6.07 Å². The average Bonchev–Trinajstić information content (AvgIpc) is 2.74. The summed E-state index contributed by atoms with van der Waals surface area (Å²) in [4.78, 5) is 17.2. The van der Waals surface area contributed by atoms with E-state index in [0.717, 1.165) is 12.1 Å². The van der Waals surface area contributed by atoms with Gasteiger partial charge in [0.15, 0.2) is 0 Å². The van der Waals surface area contributed by atoms with E-state index >= 15 is 0 Å². The fourth-order valence-electron chi connectivity index (χ4n) is 1.68. The molecule has 4 nitrogen and oxygen atoms in total. The fourth-order valence-corrected chi connectivity index (χ4v) is 1.68. The van der Waals surface area contributed by atoms with Crippen molar-refractivity contribution in [3.8, 4) is 11.3 Å². The summed E-state index contributed by atoms with van der Waals surface area (Å²) in [6.07, 6.45) is -3.59. The normalized spacial score (nSPS) is 11.6. The van der Waals surface area contributed by atoms with E-state index in [0.29, 0.717) is 11.8 Å². The number of aromatic nitrogens is 2. The van der Waals surface area contributed by atoms with Crippen molar-refractivity contribution in [1.29, 1.82) is 0 Å². The Bertz CT molecular complexity index is 648. The zero-order valence-corrected chi connectivity index (χ0v) is 9.96. The maximum Gasteiger partial charge on any atom is 0.419 e. The Hall–Kier alpha value is -2.38. The Morgan fingerprint density at radius 1 is 1.35 bits per heavy atom. The molecular formula is C12H9F4N3O. The molecule has 1 aromatic heterocycles. The van der Waals surface area contributed by atoms with Gasteiger partial charge >= 0.3 is 6.18 Å². The largest absolute Gasteiger partial charge is 0.419 e. The summed E-state index contributed by atoms with van der Waals surface area (Å²) in [5.74, 6) is -1.72. The average molecular weight is 287 g/mol. The highest BCUT2D eigenvalue weighted by atomic mass is 19.4. The molecular weight excluding hydrogens is 278 g/mol. The van der Waals surface area contributed by atoms with E-state index in [1.54, 1.807) is 0 Å². The number of primary amides is 1. The van der Waals surface area contributed by atoms with E-state index in [1.807, 2.05) is 0 Å². The molecule has 0 saturated carbocycles. The molecule has 0 fully saturated rings. The van der Waals surface area contributed by atoms with Crippen molar-refractivity contribution < 1.29 is 22.4 Å². The summed E-state index contributed by atoms with van der Waals surface area (Å²) in [6.45, 7) is 0. The number of carbonyl (C=O) groups excluding carboxylic acids is 1. The molecule has 0 unspecified atom stereocenters. The number of aromatic amines is 1. The van der Waals surface area contributed by atoms with Crippen LogP contribution in [0.25, 0.3) is 11.3 Å². The van der Waals surface area contributed by atoms with Gasteiger partial charge in [-0.2, -0.15) is 13.2 Å². The number of hydrogen-bond donors (Lipinski definition) is 2. The molecule has 1 amide bonds. The Morgan fingerprint density at radius 2 is 2.05 bits per heavy atom. The number of nitrogens with one attached hydrogen (secondary N) is 1. The van der Waals surface area contributed by atoms with Gasteiger partial charge in [0.1, 0.15) is 11.6 Å². The Balaban J connectivity index is 2.32. The highest BCUT2D eigenvalue weighted by Gasteiger charge is 2.34. The van der Waals surface area contributed by atoms with Crippen LogP contribution in [0.1, 0.15) is 11.4 Å². The number of H-pyrrole nitrogens is 1. The van der Waals surface area contributed by atoms with Gasteiger partial charge in [0, 0.05) is 5.56 Å². The topological polar surface area (TPSA) is 71.8 Å². The first kappa shape index (κ1) is 14.0. The number of nitrogens with two attached hydrogens (primary N) is 1. The maximum atomic E-state index is 13.4. The number of carbonyl (C=O) groups is 1. The van der Waals surface area contributed by atoms with Gasteiger partial charge in [-0.25, -0.2) is 9.37 Å². The first-order valence-electron chi connectivity index (χ1n) is 5.46. The summed E-state index contributed by atoms with van der Waals surface area (Å²) < 4.78 is 50.7. The Morgan fingerprint density at radius 3 is 2.60 bits per heavy atom. The number of hydrogen-bond acceptors (Lipinski definition) is 2. The van der Waals surface area contributed by atoms with Crippen molar-refractivity contribution in [3.63, 3.8) is 0 Å². The van der Waals surface area contributed by atoms with Crippen LogP contribution in [-0.4, -0.2) is 15.9 Å². The molecule has 0 atom stereocenters. The van der Waals surface area contributed by atoms with Crippen molar-refractivity contribution in [2.45, 2.75) is 12.6 Å². The minimum absolute atomic E-state index is 0.136. The zero-order valence-electron chi connectivity index (χ0n) is 9.96. The van der Waals surface area contributed by atoms with Crippen LogP contribution in [0.3, 0.4) is 0 Å². The molecule has 20 heavy (non-hydrogen) atoms. The third-order valence-corrected chi connectivity index (χ3v) is 2.56. The maximum absolute atomic E-state index is 13.4. The predicted octanol–water partition coefficient (Wildman–Crippen LogP) is 2.26. The molecule has 0 aliphatic carbocycles. The molecule has 0 bridgehead atoms. The molecule has 1 heterocycles. The van der Waals surface area contributed by atoms with Crippen LogP contribution in [0.4, 0.5) is 17.6 Å². The van der Waals surface area contributed by atoms with Crippen LogP contribution in [0.15, 0.2) is 24.4 Å². The molecule has 106 valence electrons. The second-order valence-corrected chi connectivity index (χ2v) is 4.08. The van der Waals surface area contributed by atoms with E-state index in [2.05, 4.69) is 9.97 Å². The van der Waals surface area contributed by atoms with Crippen LogP contribution < -0.4 is 5.73 Å². The number of rotatable bonds is 3. The lowest BCUT2D eigenvalue weighted by Crippen LogP contribution is -2.14. The molecule has 0 radical (unpaired) electrons. The fraction of sp³-hybridized carbons (Fsp3) is 0.167. The third kappa shape index (κ3) is 2.95. The lowest BCUT2D eigenvalue weighted by Gasteiger charge is -2.08. The quantitative estimate of drug-likeness (QED) is 0.850. The Labute approximate surface area is 110 Å². The highest BCUT2D eigenvalue weighted by molar-refractivity contribution is 5.76. The lowest BCUT2D eigenvalue weighted by atomic mass is 10.1. The second-order valence-electron chi connectivity index (χ2n) is 4.08. The van der Waals surface area contributed by atoms with Gasteiger partial charge < -0.3 is 10.7 Å². The monoisotopic (exact) mass is 287 g/mol. The molecule has 2 aromatic rings. The predicted molar refractivity (Wildman–Crippen MR) is 61.9 cm³/mol. The minimum Gasteiger partial charge on any atom is -0.369 e. The van der Waals surface area contributed by atoms with Crippen LogP contribution in [0.5, 0.6) is 0 Å². The molecule has 8 heteroatoms. The number of nitrogens with zero attached hydrogens (tertiary/aromatic N) is 1. The van der Waals surface area contributed by atoms with Gasteiger partial charge in [-0.15, -0.1) is 0 Å². The van der Waals surface area contributed by atoms with Crippen LogP contribution in [0.2, 0.25) is 0 Å². The first-order chi connectivity index (χ1) is 9.27. The van der Waals surface area contributed by atoms with E-state index < -0.39 is 23.5 Å². The van der Waals surface area contributed by atoms with Gasteiger partial charge in [0.2, 0.25) is 5.91 Å². The van der Waals surface area contributed by atoms with Crippen LogP contribution >= 0.6 is 0 Å². The molecule has 0 aliphatic rings. The van der Waals surface area contributed by atoms with Gasteiger partial charge in [0.25, 0.3) is 0 Å². The van der Waals surface area contributed by atoms with Gasteiger partial charge in [-0.3, -0.25) is 4.79 Å². The van der Waals surface area contributed by atoms with Gasteiger partial charge in [-0.05, 0) is 12.1 Å². The van der Waals surface area contributed by atoms with Gasteiger partial charge in [0.05, 0.1) is 23.9 Å². The number of imidazole rings is 1.